The predicted octanol–water partition coefficient (Wildman–Crippen LogP) is 10.0. The first-order valence-corrected chi connectivity index (χ1v) is 14.6. The van der Waals surface area contributed by atoms with Crippen LogP contribution in [-0.2, 0) is 0 Å². The monoisotopic (exact) mass is 553 g/mol. The maximum Gasteiger partial charge on any atom is 0.164 e. The van der Waals surface area contributed by atoms with Gasteiger partial charge in [0, 0.05) is 21.9 Å². The van der Waals surface area contributed by atoms with Crippen LogP contribution in [0.25, 0.3) is 67.0 Å². The molecular formula is C39H27N3O. The Morgan fingerprint density at radius 1 is 0.442 bits per heavy atom. The van der Waals surface area contributed by atoms with E-state index in [4.69, 9.17) is 19.4 Å². The largest absolute Gasteiger partial charge is 0.456 e. The van der Waals surface area contributed by atoms with E-state index in [1.807, 2.05) is 54.6 Å². The lowest BCUT2D eigenvalue weighted by Gasteiger charge is -2.16. The van der Waals surface area contributed by atoms with Gasteiger partial charge in [-0.15, -0.1) is 0 Å². The molecule has 4 heteroatoms. The molecule has 0 fully saturated rings. The lowest BCUT2D eigenvalue weighted by Crippen LogP contribution is -2.04. The van der Waals surface area contributed by atoms with E-state index in [-0.39, 0.29) is 0 Å². The molecule has 2 heterocycles. The summed E-state index contributed by atoms with van der Waals surface area (Å²) in [6.07, 6.45) is 6.18. The second-order valence-corrected chi connectivity index (χ2v) is 10.8. The van der Waals surface area contributed by atoms with Gasteiger partial charge in [-0.05, 0) is 58.9 Å². The summed E-state index contributed by atoms with van der Waals surface area (Å²) in [6.45, 7) is 0. The Hall–Kier alpha value is -5.61. The third-order valence-electron chi connectivity index (χ3n) is 8.08. The summed E-state index contributed by atoms with van der Waals surface area (Å²) >= 11 is 0. The second-order valence-electron chi connectivity index (χ2n) is 10.8. The Kier molecular flexibility index (Phi) is 6.23. The van der Waals surface area contributed by atoms with E-state index in [1.165, 1.54) is 11.1 Å². The number of benzene rings is 5. The van der Waals surface area contributed by atoms with Gasteiger partial charge in [0.1, 0.15) is 11.2 Å². The van der Waals surface area contributed by atoms with Crippen LogP contribution < -0.4 is 0 Å². The van der Waals surface area contributed by atoms with Crippen molar-refractivity contribution in [2.24, 2.45) is 0 Å². The number of furan rings is 1. The second kappa shape index (κ2) is 10.7. The number of hydrogen-bond acceptors (Lipinski definition) is 4. The molecule has 2 aromatic heterocycles. The van der Waals surface area contributed by atoms with Crippen molar-refractivity contribution in [1.29, 1.82) is 0 Å². The lowest BCUT2D eigenvalue weighted by molar-refractivity contribution is 0.669. The number of hydrogen-bond donors (Lipinski definition) is 0. The summed E-state index contributed by atoms with van der Waals surface area (Å²) in [7, 11) is 0. The predicted molar refractivity (Wildman–Crippen MR) is 175 cm³/mol. The van der Waals surface area contributed by atoms with E-state index in [9.17, 15) is 0 Å². The number of nitrogens with zero attached hydrogens (tertiary/aromatic N) is 3. The quantitative estimate of drug-likeness (QED) is 0.213. The van der Waals surface area contributed by atoms with Gasteiger partial charge in [0.15, 0.2) is 17.5 Å². The average molecular weight is 554 g/mol. The number of allylic oxidation sites excluding steroid dienone is 4. The van der Waals surface area contributed by atoms with Crippen molar-refractivity contribution in [2.45, 2.75) is 12.8 Å². The fourth-order valence-electron chi connectivity index (χ4n) is 5.92. The van der Waals surface area contributed by atoms with Gasteiger partial charge in [-0.1, -0.05) is 121 Å². The van der Waals surface area contributed by atoms with Crippen molar-refractivity contribution in [3.63, 3.8) is 0 Å². The first-order chi connectivity index (χ1) is 21.3. The van der Waals surface area contributed by atoms with Crippen molar-refractivity contribution < 1.29 is 4.42 Å². The summed E-state index contributed by atoms with van der Waals surface area (Å²) in [5.41, 5.74) is 9.60. The third-order valence-corrected chi connectivity index (χ3v) is 8.08. The minimum atomic E-state index is 0.661. The molecule has 8 rings (SSSR count). The maximum absolute atomic E-state index is 6.17. The van der Waals surface area contributed by atoms with Crippen LogP contribution in [0.3, 0.4) is 0 Å². The van der Waals surface area contributed by atoms with Gasteiger partial charge in [0.05, 0.1) is 0 Å². The molecule has 0 N–H and O–H groups in total. The van der Waals surface area contributed by atoms with Crippen LogP contribution in [0.15, 0.2) is 144 Å². The highest BCUT2D eigenvalue weighted by Gasteiger charge is 2.18. The highest BCUT2D eigenvalue weighted by molar-refractivity contribution is 6.12. The zero-order valence-electron chi connectivity index (χ0n) is 23.4. The van der Waals surface area contributed by atoms with Crippen LogP contribution in [0.2, 0.25) is 0 Å². The van der Waals surface area contributed by atoms with Gasteiger partial charge < -0.3 is 4.42 Å². The van der Waals surface area contributed by atoms with Gasteiger partial charge in [-0.2, -0.15) is 0 Å². The Bertz CT molecular complexity index is 2180. The smallest absolute Gasteiger partial charge is 0.164 e. The Morgan fingerprint density at radius 2 is 1.02 bits per heavy atom. The van der Waals surface area contributed by atoms with Crippen LogP contribution in [0, 0.1) is 0 Å². The molecule has 0 radical (unpaired) electrons. The van der Waals surface area contributed by atoms with Crippen LogP contribution in [0.4, 0.5) is 0 Å². The molecule has 0 amide bonds. The van der Waals surface area contributed by atoms with Crippen molar-refractivity contribution in [3.05, 3.63) is 151 Å². The molecule has 0 atom stereocenters. The van der Waals surface area contributed by atoms with E-state index in [2.05, 4.69) is 84.9 Å². The summed E-state index contributed by atoms with van der Waals surface area (Å²) in [5, 5.41) is 2.23. The van der Waals surface area contributed by atoms with Gasteiger partial charge in [-0.3, -0.25) is 0 Å². The van der Waals surface area contributed by atoms with Crippen molar-refractivity contribution in [3.8, 4) is 33.9 Å². The van der Waals surface area contributed by atoms with E-state index in [0.717, 1.165) is 68.4 Å². The first kappa shape index (κ1) is 25.1. The zero-order chi connectivity index (χ0) is 28.6. The topological polar surface area (TPSA) is 51.8 Å². The van der Waals surface area contributed by atoms with Crippen LogP contribution >= 0.6 is 0 Å². The molecule has 0 spiro atoms. The fourth-order valence-corrected chi connectivity index (χ4v) is 5.92. The molecule has 1 aliphatic rings. The van der Waals surface area contributed by atoms with Gasteiger partial charge in [0.2, 0.25) is 0 Å². The first-order valence-electron chi connectivity index (χ1n) is 14.6. The van der Waals surface area contributed by atoms with Crippen LogP contribution in [-0.4, -0.2) is 15.0 Å². The van der Waals surface area contributed by atoms with E-state index >= 15 is 0 Å². The van der Waals surface area contributed by atoms with E-state index in [0.29, 0.717) is 11.6 Å². The van der Waals surface area contributed by atoms with Crippen molar-refractivity contribution >= 4 is 33.1 Å². The molecule has 204 valence electrons. The number of para-hydroxylation sites is 1. The normalized spacial score (nSPS) is 13.2. The molecule has 0 aliphatic heterocycles. The number of fused-ring (bicyclic) bond motifs is 3. The van der Waals surface area contributed by atoms with Crippen LogP contribution in [0.5, 0.6) is 0 Å². The fraction of sp³-hybridized carbons (Fsp3) is 0.0513. The lowest BCUT2D eigenvalue weighted by atomic mass is 9.93. The summed E-state index contributed by atoms with van der Waals surface area (Å²) < 4.78 is 6.17. The minimum Gasteiger partial charge on any atom is -0.456 e. The molecule has 0 saturated carbocycles. The molecule has 4 nitrogen and oxygen atoms in total. The van der Waals surface area contributed by atoms with Gasteiger partial charge in [-0.25, -0.2) is 15.0 Å². The molecule has 0 saturated heterocycles. The third kappa shape index (κ3) is 4.73. The standard InChI is InChI=1S/C39H27N3O/c1-3-11-26(12-4-1)27-21-23-29(24-22-27)38-40-37(28-13-5-2-6-14-28)41-39(42-38)31-16-9-15-30(25-31)32-18-10-20-35-36(32)33-17-7-8-19-34(33)43-35/h1-21,23,25H,22,24H2. The molecule has 43 heavy (non-hydrogen) atoms. The highest BCUT2D eigenvalue weighted by Crippen LogP contribution is 2.38. The zero-order valence-corrected chi connectivity index (χ0v) is 23.4. The molecule has 7 aromatic rings. The van der Waals surface area contributed by atoms with E-state index < -0.39 is 0 Å². The molecule has 0 unspecified atom stereocenters. The van der Waals surface area contributed by atoms with Crippen molar-refractivity contribution in [1.82, 2.24) is 15.0 Å². The molecule has 5 aromatic carbocycles. The van der Waals surface area contributed by atoms with Gasteiger partial charge in [0.25, 0.3) is 0 Å². The summed E-state index contributed by atoms with van der Waals surface area (Å²) in [6, 6.07) is 43.6. The SMILES string of the molecule is C1=C(c2ccccc2)CCC(c2nc(-c3ccccc3)nc(-c3cccc(-c4cccc5oc6ccccc6c45)c3)n2)=C1. The van der Waals surface area contributed by atoms with Crippen molar-refractivity contribution in [2.75, 3.05) is 0 Å². The number of rotatable bonds is 5. The average Bonchev–Trinajstić information content (AvgIpc) is 3.48. The molecule has 1 aliphatic carbocycles. The van der Waals surface area contributed by atoms with Gasteiger partial charge >= 0.3 is 0 Å². The Labute approximate surface area is 249 Å². The Balaban J connectivity index is 1.25. The molecular weight excluding hydrogens is 526 g/mol. The highest BCUT2D eigenvalue weighted by atomic mass is 16.3. The Morgan fingerprint density at radius 3 is 1.81 bits per heavy atom. The summed E-state index contributed by atoms with van der Waals surface area (Å²) in [5.74, 6) is 2.06. The molecule has 0 bridgehead atoms. The van der Waals surface area contributed by atoms with E-state index in [1.54, 1.807) is 0 Å². The maximum atomic E-state index is 6.17. The minimum absolute atomic E-state index is 0.661. The number of aromatic nitrogens is 3. The van der Waals surface area contributed by atoms with Crippen LogP contribution in [0.1, 0.15) is 24.2 Å². The summed E-state index contributed by atoms with van der Waals surface area (Å²) in [4.78, 5) is 15.0.